The first-order chi connectivity index (χ1) is 18.5. The fourth-order valence-electron chi connectivity index (χ4n) is 5.62. The molecule has 0 saturated carbocycles. The lowest BCUT2D eigenvalue weighted by molar-refractivity contribution is 0.194. The van der Waals surface area contributed by atoms with Crippen molar-refractivity contribution in [3.05, 3.63) is 93.6 Å². The number of aromatic nitrogens is 1. The molecule has 0 unspecified atom stereocenters. The van der Waals surface area contributed by atoms with E-state index in [0.717, 1.165) is 42.1 Å². The number of likely N-dealkylation sites (N-methyl/N-ethyl adjacent to an activating group) is 1. The Bertz CT molecular complexity index is 1510. The molecular formula is C30H32N4O3S. The van der Waals surface area contributed by atoms with E-state index in [0.29, 0.717) is 18.0 Å². The van der Waals surface area contributed by atoms with Crippen molar-refractivity contribution in [1.82, 2.24) is 14.4 Å². The predicted molar refractivity (Wildman–Crippen MR) is 151 cm³/mol. The summed E-state index contributed by atoms with van der Waals surface area (Å²) in [5.74, 6) is 1.40. The van der Waals surface area contributed by atoms with E-state index in [2.05, 4.69) is 46.2 Å². The van der Waals surface area contributed by atoms with Gasteiger partial charge in [-0.1, -0.05) is 18.2 Å². The van der Waals surface area contributed by atoms with Crippen LogP contribution in [-0.4, -0.2) is 48.2 Å². The summed E-state index contributed by atoms with van der Waals surface area (Å²) in [4.78, 5) is 19.9. The van der Waals surface area contributed by atoms with Gasteiger partial charge in [-0.3, -0.25) is 0 Å². The zero-order valence-electron chi connectivity index (χ0n) is 22.2. The number of urea groups is 1. The van der Waals surface area contributed by atoms with Crippen LogP contribution in [0, 0.1) is 6.92 Å². The maximum atomic E-state index is 14.2. The number of ether oxygens (including phenoxy) is 2. The van der Waals surface area contributed by atoms with Gasteiger partial charge in [0.15, 0.2) is 0 Å². The lowest BCUT2D eigenvalue weighted by Gasteiger charge is -2.32. The number of aryl methyl sites for hydroxylation is 1. The topological polar surface area (TPSA) is 59.0 Å². The van der Waals surface area contributed by atoms with Crippen LogP contribution in [0.1, 0.15) is 38.9 Å². The summed E-state index contributed by atoms with van der Waals surface area (Å²) >= 11 is 1.85. The Hall–Kier alpha value is -3.75. The Morgan fingerprint density at radius 2 is 1.89 bits per heavy atom. The number of nitrogens with one attached hydrogen (secondary N) is 1. The number of amides is 2. The largest absolute Gasteiger partial charge is 0.497 e. The van der Waals surface area contributed by atoms with Crippen LogP contribution in [0.4, 0.5) is 10.5 Å². The van der Waals surface area contributed by atoms with Crippen molar-refractivity contribution >= 4 is 23.1 Å². The van der Waals surface area contributed by atoms with Crippen LogP contribution < -0.4 is 14.8 Å². The molecule has 0 fully saturated rings. The standard InChI is InChI=1S/C30H32N4O3S/c1-19-10-11-26(37-4)24(15-19)31-30(35)34-17-23-22-12-14-32(2)18-27(22)38-29(23)33-13-6-9-25(33)28(34)20-7-5-8-21(16-20)36-3/h5-11,13,15-16,28H,12,14,17-18H2,1-4H3,(H,31,35)/t28-/m0/s1. The molecule has 0 radical (unpaired) electrons. The highest BCUT2D eigenvalue weighted by Crippen LogP contribution is 2.44. The number of rotatable bonds is 4. The highest BCUT2D eigenvalue weighted by atomic mass is 32.1. The Morgan fingerprint density at radius 1 is 1.03 bits per heavy atom. The second-order valence-electron chi connectivity index (χ2n) is 10.0. The van der Waals surface area contributed by atoms with Gasteiger partial charge in [-0.15, -0.1) is 11.3 Å². The molecule has 2 aliphatic heterocycles. The van der Waals surface area contributed by atoms with Gasteiger partial charge in [-0.25, -0.2) is 4.79 Å². The molecule has 4 heterocycles. The summed E-state index contributed by atoms with van der Waals surface area (Å²) < 4.78 is 13.4. The highest BCUT2D eigenvalue weighted by molar-refractivity contribution is 7.15. The van der Waals surface area contributed by atoms with E-state index in [-0.39, 0.29) is 12.1 Å². The molecule has 2 amide bonds. The van der Waals surface area contributed by atoms with Gasteiger partial charge in [0.05, 0.1) is 38.2 Å². The number of hydrogen-bond donors (Lipinski definition) is 1. The highest BCUT2D eigenvalue weighted by Gasteiger charge is 2.36. The van der Waals surface area contributed by atoms with Crippen molar-refractivity contribution in [3.8, 4) is 16.5 Å². The van der Waals surface area contributed by atoms with Gasteiger partial charge in [-0.2, -0.15) is 0 Å². The Labute approximate surface area is 227 Å². The summed E-state index contributed by atoms with van der Waals surface area (Å²) in [6, 6.07) is 17.6. The lowest BCUT2D eigenvalue weighted by atomic mass is 10.00. The number of anilines is 1. The van der Waals surface area contributed by atoms with Crippen LogP contribution in [-0.2, 0) is 19.5 Å². The summed E-state index contributed by atoms with van der Waals surface area (Å²) in [7, 11) is 5.46. The molecule has 38 heavy (non-hydrogen) atoms. The molecular weight excluding hydrogens is 496 g/mol. The van der Waals surface area contributed by atoms with Gasteiger partial charge in [-0.05, 0) is 73.5 Å². The molecule has 4 aromatic rings. The summed E-state index contributed by atoms with van der Waals surface area (Å²) in [5, 5.41) is 4.39. The number of nitrogens with zero attached hydrogens (tertiary/aromatic N) is 3. The second-order valence-corrected chi connectivity index (χ2v) is 11.1. The van der Waals surface area contributed by atoms with Gasteiger partial charge in [0.25, 0.3) is 0 Å². The molecule has 0 spiro atoms. The molecule has 8 heteroatoms. The fraction of sp³-hybridized carbons (Fsp3) is 0.300. The second kappa shape index (κ2) is 9.85. The van der Waals surface area contributed by atoms with Crippen LogP contribution >= 0.6 is 11.3 Å². The molecule has 1 N–H and O–H groups in total. The third kappa shape index (κ3) is 4.23. The summed E-state index contributed by atoms with van der Waals surface area (Å²) in [6.45, 7) is 4.47. The van der Waals surface area contributed by atoms with Crippen LogP contribution in [0.5, 0.6) is 11.5 Å². The number of fused-ring (bicyclic) bond motifs is 5. The number of carbonyl (C=O) groups is 1. The van der Waals surface area contributed by atoms with Gasteiger partial charge in [0.1, 0.15) is 16.5 Å². The molecule has 0 aliphatic carbocycles. The molecule has 196 valence electrons. The van der Waals surface area contributed by atoms with E-state index in [1.807, 2.05) is 59.6 Å². The van der Waals surface area contributed by atoms with Crippen LogP contribution in [0.25, 0.3) is 5.00 Å². The predicted octanol–water partition coefficient (Wildman–Crippen LogP) is 5.99. The Balaban J connectivity index is 1.50. The third-order valence-electron chi connectivity index (χ3n) is 7.52. The fourth-order valence-corrected chi connectivity index (χ4v) is 7.06. The maximum Gasteiger partial charge on any atom is 0.323 e. The number of carbonyl (C=O) groups excluding carboxylic acids is 1. The Morgan fingerprint density at radius 3 is 2.71 bits per heavy atom. The van der Waals surface area contributed by atoms with Gasteiger partial charge < -0.3 is 29.2 Å². The van der Waals surface area contributed by atoms with Crippen LogP contribution in [0.3, 0.4) is 0 Å². The van der Waals surface area contributed by atoms with Gasteiger partial charge in [0, 0.05) is 29.7 Å². The number of thiophene rings is 1. The van der Waals surface area contributed by atoms with E-state index in [1.54, 1.807) is 14.2 Å². The van der Waals surface area contributed by atoms with Gasteiger partial charge >= 0.3 is 6.03 Å². The SMILES string of the molecule is COc1cccc([C@H]2c3cccn3-c3sc4c(c3CN2C(=O)Nc2cc(C)ccc2OC)CCN(C)C4)c1. The van der Waals surface area contributed by atoms with Crippen molar-refractivity contribution in [1.29, 1.82) is 0 Å². The monoisotopic (exact) mass is 528 g/mol. The minimum atomic E-state index is -0.308. The number of hydrogen-bond acceptors (Lipinski definition) is 5. The first-order valence-corrected chi connectivity index (χ1v) is 13.6. The smallest absolute Gasteiger partial charge is 0.323 e. The molecule has 2 aromatic carbocycles. The molecule has 0 saturated heterocycles. The summed E-state index contributed by atoms with van der Waals surface area (Å²) in [6.07, 6.45) is 3.11. The van der Waals surface area contributed by atoms with Crippen molar-refractivity contribution < 1.29 is 14.3 Å². The normalized spacial score (nSPS) is 16.7. The van der Waals surface area contributed by atoms with Crippen molar-refractivity contribution in [3.63, 3.8) is 0 Å². The number of methoxy groups -OCH3 is 2. The minimum absolute atomic E-state index is 0.171. The van der Waals surface area contributed by atoms with E-state index in [9.17, 15) is 4.79 Å². The first kappa shape index (κ1) is 24.6. The van der Waals surface area contributed by atoms with E-state index in [4.69, 9.17) is 9.47 Å². The summed E-state index contributed by atoms with van der Waals surface area (Å²) in [5.41, 5.74) is 6.39. The molecule has 6 rings (SSSR count). The Kier molecular flexibility index (Phi) is 6.37. The molecule has 2 aromatic heterocycles. The van der Waals surface area contributed by atoms with Gasteiger partial charge in [0.2, 0.25) is 0 Å². The van der Waals surface area contributed by atoms with E-state index < -0.39 is 0 Å². The quantitative estimate of drug-likeness (QED) is 0.354. The molecule has 1 atom stereocenters. The molecule has 0 bridgehead atoms. The van der Waals surface area contributed by atoms with Crippen LogP contribution in [0.15, 0.2) is 60.8 Å². The van der Waals surface area contributed by atoms with Crippen molar-refractivity contribution in [2.45, 2.75) is 32.5 Å². The number of benzene rings is 2. The minimum Gasteiger partial charge on any atom is -0.497 e. The van der Waals surface area contributed by atoms with E-state index >= 15 is 0 Å². The molecule has 2 aliphatic rings. The van der Waals surface area contributed by atoms with Crippen LogP contribution in [0.2, 0.25) is 0 Å². The van der Waals surface area contributed by atoms with Crippen molar-refractivity contribution in [2.24, 2.45) is 0 Å². The maximum absolute atomic E-state index is 14.2. The molecule has 7 nitrogen and oxygen atoms in total. The zero-order valence-corrected chi connectivity index (χ0v) is 23.0. The average molecular weight is 529 g/mol. The van der Waals surface area contributed by atoms with E-state index in [1.165, 1.54) is 21.0 Å². The lowest BCUT2D eigenvalue weighted by Crippen LogP contribution is -2.38. The average Bonchev–Trinajstić information content (AvgIpc) is 3.50. The third-order valence-corrected chi connectivity index (χ3v) is 8.78. The zero-order chi connectivity index (χ0) is 26.4. The van der Waals surface area contributed by atoms with Crippen molar-refractivity contribution in [2.75, 3.05) is 33.1 Å². The first-order valence-electron chi connectivity index (χ1n) is 12.8.